The highest BCUT2D eigenvalue weighted by Crippen LogP contribution is 2.60. The monoisotopic (exact) mass is 797 g/mol. The Kier molecular flexibility index (Phi) is 13.0. The van der Waals surface area contributed by atoms with Crippen molar-refractivity contribution in [3.63, 3.8) is 0 Å². The molecule has 0 spiro atoms. The van der Waals surface area contributed by atoms with Gasteiger partial charge in [-0.3, -0.25) is 0 Å². The van der Waals surface area contributed by atoms with Gasteiger partial charge in [-0.15, -0.1) is 10.2 Å². The number of aryl methyl sites for hydroxylation is 1. The van der Waals surface area contributed by atoms with Crippen LogP contribution < -0.4 is 0 Å². The van der Waals surface area contributed by atoms with E-state index in [-0.39, 0.29) is 39.9 Å². The van der Waals surface area contributed by atoms with Gasteiger partial charge in [0, 0.05) is 5.92 Å². The summed E-state index contributed by atoms with van der Waals surface area (Å²) in [4.78, 5) is 1.71. The molecular formula is C45H80N4O4Si2. The zero-order valence-electron chi connectivity index (χ0n) is 38.0. The molecule has 2 heterocycles. The van der Waals surface area contributed by atoms with Crippen LogP contribution in [-0.2, 0) is 24.9 Å². The Labute approximate surface area is 338 Å². The quantitative estimate of drug-likeness (QED) is 0.195. The van der Waals surface area contributed by atoms with Crippen molar-refractivity contribution in [1.82, 2.24) is 20.2 Å². The van der Waals surface area contributed by atoms with Crippen molar-refractivity contribution in [2.75, 3.05) is 0 Å². The first-order valence-corrected chi connectivity index (χ1v) is 27.5. The fraction of sp³-hybridized carbons (Fsp3) is 0.844. The summed E-state index contributed by atoms with van der Waals surface area (Å²) in [6.07, 6.45) is 16.8. The van der Waals surface area contributed by atoms with Gasteiger partial charge in [-0.1, -0.05) is 79.7 Å². The lowest BCUT2D eigenvalue weighted by Gasteiger charge is -2.49. The van der Waals surface area contributed by atoms with Gasteiger partial charge in [0.2, 0.25) is 0 Å². The molecule has 0 aromatic carbocycles. The van der Waals surface area contributed by atoms with Crippen LogP contribution in [0.3, 0.4) is 0 Å². The first-order valence-electron chi connectivity index (χ1n) is 21.7. The third-order valence-corrected chi connectivity index (χ3v) is 24.4. The molecule has 1 aliphatic heterocycles. The minimum absolute atomic E-state index is 0.0208. The fourth-order valence-electron chi connectivity index (χ4n) is 10.2. The van der Waals surface area contributed by atoms with Gasteiger partial charge in [0.15, 0.2) is 28.7 Å². The summed E-state index contributed by atoms with van der Waals surface area (Å²) >= 11 is 0. The van der Waals surface area contributed by atoms with Gasteiger partial charge in [0.1, 0.15) is 0 Å². The fourth-order valence-corrected chi connectivity index (χ4v) is 12.9. The Bertz CT molecular complexity index is 1550. The predicted molar refractivity (Wildman–Crippen MR) is 231 cm³/mol. The molecule has 5 rings (SSSR count). The highest BCUT2D eigenvalue weighted by atomic mass is 28.4. The van der Waals surface area contributed by atoms with Crippen LogP contribution in [0.15, 0.2) is 41.8 Å². The van der Waals surface area contributed by atoms with E-state index in [9.17, 15) is 0 Å². The molecule has 0 amide bonds. The van der Waals surface area contributed by atoms with E-state index in [0.29, 0.717) is 23.8 Å². The molecule has 0 bridgehead atoms. The second-order valence-corrected chi connectivity index (χ2v) is 31.7. The molecule has 1 saturated heterocycles. The van der Waals surface area contributed by atoms with E-state index in [1.807, 2.05) is 0 Å². The topological polar surface area (TPSA) is 80.5 Å². The molecule has 1 aromatic heterocycles. The van der Waals surface area contributed by atoms with Crippen LogP contribution >= 0.6 is 0 Å². The maximum atomic E-state index is 7.43. The normalized spacial score (nSPS) is 33.7. The summed E-state index contributed by atoms with van der Waals surface area (Å²) in [5, 5.41) is 12.7. The molecule has 8 nitrogen and oxygen atoms in total. The Balaban J connectivity index is 1.42. The van der Waals surface area contributed by atoms with Crippen LogP contribution in [0.25, 0.3) is 0 Å². The Morgan fingerprint density at radius 1 is 0.964 bits per heavy atom. The standard InChI is InChI=1S/C45H80N4O4Si2/c1-31(20-25-39-43(9,10)53-44(11,12)50-39)36-23-24-37-33(19-18-27-45(36,37)13)21-22-34-29-38(51-54(14,15)41(3,4)5)35(26-28-49-47-30-46-48-49)40(32(34)2)52-55(16,17)42(6,7)8/h21-22,30-31,35-40H,2,18-20,23-29H2,1,3-17H3/b33-21+,34-22+/t31-,35+,36-,37+,38-,39-,40-,45-/m1/s1. The zero-order chi connectivity index (χ0) is 41.0. The molecule has 4 fully saturated rings. The van der Waals surface area contributed by atoms with Crippen LogP contribution in [0.2, 0.25) is 36.3 Å². The van der Waals surface area contributed by atoms with Crippen molar-refractivity contribution in [2.24, 2.45) is 29.1 Å². The largest absolute Gasteiger partial charge is 0.413 e. The zero-order valence-corrected chi connectivity index (χ0v) is 40.0. The molecule has 10 heteroatoms. The molecule has 3 saturated carbocycles. The molecule has 55 heavy (non-hydrogen) atoms. The van der Waals surface area contributed by atoms with Gasteiger partial charge < -0.3 is 18.3 Å². The number of fused-ring (bicyclic) bond motifs is 1. The number of tetrazole rings is 1. The van der Waals surface area contributed by atoms with Gasteiger partial charge in [-0.2, -0.15) is 4.80 Å². The number of nitrogens with zero attached hydrogens (tertiary/aromatic N) is 4. The second kappa shape index (κ2) is 16.0. The minimum atomic E-state index is -2.17. The van der Waals surface area contributed by atoms with Crippen molar-refractivity contribution in [2.45, 2.75) is 213 Å². The van der Waals surface area contributed by atoms with Crippen molar-refractivity contribution in [1.29, 1.82) is 0 Å². The van der Waals surface area contributed by atoms with E-state index in [4.69, 9.17) is 24.9 Å². The van der Waals surface area contributed by atoms with Gasteiger partial charge in [0.25, 0.3) is 0 Å². The molecule has 0 unspecified atom stereocenters. The van der Waals surface area contributed by atoms with Gasteiger partial charge in [-0.25, -0.2) is 0 Å². The number of aromatic nitrogens is 4. The number of hydrogen-bond acceptors (Lipinski definition) is 7. The van der Waals surface area contributed by atoms with E-state index >= 15 is 0 Å². The molecule has 0 radical (unpaired) electrons. The average molecular weight is 797 g/mol. The number of rotatable bonds is 12. The lowest BCUT2D eigenvalue weighted by molar-refractivity contribution is -0.157. The van der Waals surface area contributed by atoms with Crippen LogP contribution in [0.5, 0.6) is 0 Å². The smallest absolute Gasteiger partial charge is 0.192 e. The lowest BCUT2D eigenvalue weighted by atomic mass is 9.60. The molecule has 4 aliphatic rings. The van der Waals surface area contributed by atoms with Crippen LogP contribution in [0.1, 0.15) is 141 Å². The summed E-state index contributed by atoms with van der Waals surface area (Å²) in [7, 11) is -4.29. The van der Waals surface area contributed by atoms with E-state index < -0.39 is 22.4 Å². The van der Waals surface area contributed by atoms with Crippen LogP contribution in [-0.4, -0.2) is 66.5 Å². The van der Waals surface area contributed by atoms with Crippen molar-refractivity contribution >= 4 is 16.6 Å². The van der Waals surface area contributed by atoms with E-state index in [0.717, 1.165) is 30.8 Å². The highest BCUT2D eigenvalue weighted by molar-refractivity contribution is 6.74. The summed E-state index contributed by atoms with van der Waals surface area (Å²) in [5.74, 6) is 1.64. The van der Waals surface area contributed by atoms with Crippen molar-refractivity contribution in [3.05, 3.63) is 41.8 Å². The second-order valence-electron chi connectivity index (χ2n) is 22.2. The summed E-state index contributed by atoms with van der Waals surface area (Å²) < 4.78 is 27.5. The lowest BCUT2D eigenvalue weighted by Crippen LogP contribution is -2.54. The highest BCUT2D eigenvalue weighted by Gasteiger charge is 2.53. The number of allylic oxidation sites excluding steroid dienone is 3. The first kappa shape index (κ1) is 44.7. The van der Waals surface area contributed by atoms with Crippen LogP contribution in [0, 0.1) is 29.1 Å². The SMILES string of the molecule is C=C1/C(=C/C=C2\CCC[C@]3(C)[C@@H]([C@H](C)CC[C@H]4OC(C)(C)OC4(C)C)CC[C@@H]23)C[C@@H](O[Si](C)(C)C(C)(C)C)[C@H](CCn2ncnn2)[C@@H]1O[Si](C)(C)C(C)(C)C. The third-order valence-electron chi connectivity index (χ3n) is 15.4. The Hall–Kier alpha value is -1.44. The predicted octanol–water partition coefficient (Wildman–Crippen LogP) is 11.8. The number of ether oxygens (including phenoxy) is 2. The van der Waals surface area contributed by atoms with Gasteiger partial charge >= 0.3 is 0 Å². The summed E-state index contributed by atoms with van der Waals surface area (Å²) in [6, 6.07) is 0. The van der Waals surface area contributed by atoms with Crippen molar-refractivity contribution < 1.29 is 18.3 Å². The van der Waals surface area contributed by atoms with Gasteiger partial charge in [0.05, 0.1) is 30.5 Å². The first-order chi connectivity index (χ1) is 25.2. The molecule has 1 aromatic rings. The Morgan fingerprint density at radius 2 is 1.62 bits per heavy atom. The summed E-state index contributed by atoms with van der Waals surface area (Å²) in [5.41, 5.74) is 4.15. The number of hydrogen-bond donors (Lipinski definition) is 0. The van der Waals surface area contributed by atoms with E-state index in [1.54, 1.807) is 10.4 Å². The van der Waals surface area contributed by atoms with E-state index in [2.05, 4.69) is 137 Å². The third kappa shape index (κ3) is 9.72. The maximum Gasteiger partial charge on any atom is 0.192 e. The maximum absolute atomic E-state index is 7.43. The average Bonchev–Trinajstić information content (AvgIpc) is 3.74. The minimum Gasteiger partial charge on any atom is -0.413 e. The van der Waals surface area contributed by atoms with Gasteiger partial charge in [-0.05, 0) is 161 Å². The molecule has 8 atom stereocenters. The summed E-state index contributed by atoms with van der Waals surface area (Å²) in [6.45, 7) is 42.7. The Morgan fingerprint density at radius 3 is 2.20 bits per heavy atom. The van der Waals surface area contributed by atoms with E-state index in [1.165, 1.54) is 50.4 Å². The molecule has 0 N–H and O–H groups in total. The molecule has 312 valence electrons. The molecule has 3 aliphatic carbocycles. The van der Waals surface area contributed by atoms with Crippen molar-refractivity contribution in [3.8, 4) is 0 Å². The van der Waals surface area contributed by atoms with Crippen LogP contribution in [0.4, 0.5) is 0 Å². The molecular weight excluding hydrogens is 717 g/mol.